The number of nitro groups is 1. The second-order valence-electron chi connectivity index (χ2n) is 5.44. The van der Waals surface area contributed by atoms with Crippen molar-refractivity contribution in [3.8, 4) is 0 Å². The standard InChI is InChI=1S/C14H17N3O3/c1-10-12-6-5-11(17(18)19)9-13(12)16(15-10)14(2)7-3-4-8-20-14/h5-6,9H,3-4,7-8H2,1-2H3. The zero-order chi connectivity index (χ0) is 14.3. The highest BCUT2D eigenvalue weighted by molar-refractivity contribution is 5.84. The van der Waals surface area contributed by atoms with Crippen molar-refractivity contribution in [2.24, 2.45) is 0 Å². The fourth-order valence-corrected chi connectivity index (χ4v) is 2.82. The summed E-state index contributed by atoms with van der Waals surface area (Å²) in [6, 6.07) is 4.86. The molecule has 0 spiro atoms. The van der Waals surface area contributed by atoms with Crippen LogP contribution in [0.4, 0.5) is 5.69 Å². The minimum absolute atomic E-state index is 0.0815. The van der Waals surface area contributed by atoms with Crippen molar-refractivity contribution in [3.05, 3.63) is 34.0 Å². The number of nitrogens with zero attached hydrogens (tertiary/aromatic N) is 3. The van der Waals surface area contributed by atoms with Crippen LogP contribution in [0.5, 0.6) is 0 Å². The van der Waals surface area contributed by atoms with Gasteiger partial charge in [0.2, 0.25) is 0 Å². The molecule has 2 heterocycles. The Balaban J connectivity index is 2.19. The van der Waals surface area contributed by atoms with E-state index in [2.05, 4.69) is 5.10 Å². The molecule has 1 saturated heterocycles. The second kappa shape index (κ2) is 4.56. The van der Waals surface area contributed by atoms with Crippen molar-refractivity contribution in [1.29, 1.82) is 0 Å². The maximum absolute atomic E-state index is 11.0. The summed E-state index contributed by atoms with van der Waals surface area (Å²) in [6.07, 6.45) is 2.99. The lowest BCUT2D eigenvalue weighted by Crippen LogP contribution is -2.37. The Hall–Kier alpha value is -1.95. The largest absolute Gasteiger partial charge is 0.354 e. The van der Waals surface area contributed by atoms with Crippen LogP contribution in [0.3, 0.4) is 0 Å². The first-order valence-electron chi connectivity index (χ1n) is 6.79. The highest BCUT2D eigenvalue weighted by atomic mass is 16.6. The van der Waals surface area contributed by atoms with E-state index in [9.17, 15) is 10.1 Å². The Morgan fingerprint density at radius 3 is 2.90 bits per heavy atom. The van der Waals surface area contributed by atoms with E-state index in [0.29, 0.717) is 6.61 Å². The van der Waals surface area contributed by atoms with E-state index in [0.717, 1.165) is 35.9 Å². The quantitative estimate of drug-likeness (QED) is 0.623. The topological polar surface area (TPSA) is 70.2 Å². The van der Waals surface area contributed by atoms with Gasteiger partial charge in [0.25, 0.3) is 5.69 Å². The minimum atomic E-state index is -0.514. The summed E-state index contributed by atoms with van der Waals surface area (Å²) >= 11 is 0. The highest BCUT2D eigenvalue weighted by Gasteiger charge is 2.33. The van der Waals surface area contributed by atoms with Crippen molar-refractivity contribution in [2.75, 3.05) is 6.61 Å². The number of fused-ring (bicyclic) bond motifs is 1. The van der Waals surface area contributed by atoms with Gasteiger partial charge in [0.05, 0.1) is 16.1 Å². The minimum Gasteiger partial charge on any atom is -0.354 e. The van der Waals surface area contributed by atoms with Crippen LogP contribution >= 0.6 is 0 Å². The number of hydrogen-bond donors (Lipinski definition) is 0. The van der Waals surface area contributed by atoms with Crippen molar-refractivity contribution in [2.45, 2.75) is 38.8 Å². The number of benzene rings is 1. The molecule has 106 valence electrons. The molecule has 0 N–H and O–H groups in total. The molecule has 0 amide bonds. The van der Waals surface area contributed by atoms with Crippen LogP contribution < -0.4 is 0 Å². The number of aromatic nitrogens is 2. The van der Waals surface area contributed by atoms with Crippen LogP contribution in [0.15, 0.2) is 18.2 Å². The molecular weight excluding hydrogens is 258 g/mol. The summed E-state index contributed by atoms with van der Waals surface area (Å²) in [5.41, 5.74) is 1.20. The van der Waals surface area contributed by atoms with Crippen molar-refractivity contribution < 1.29 is 9.66 Å². The summed E-state index contributed by atoms with van der Waals surface area (Å²) in [4.78, 5) is 10.6. The molecular formula is C14H17N3O3. The van der Waals surface area contributed by atoms with Crippen LogP contribution in [0.25, 0.3) is 10.9 Å². The van der Waals surface area contributed by atoms with Crippen molar-refractivity contribution in [3.63, 3.8) is 0 Å². The molecule has 0 saturated carbocycles. The zero-order valence-electron chi connectivity index (χ0n) is 11.6. The van der Waals surface area contributed by atoms with Crippen LogP contribution in [0.1, 0.15) is 31.9 Å². The molecule has 1 aromatic carbocycles. The fraction of sp³-hybridized carbons (Fsp3) is 0.500. The Morgan fingerprint density at radius 2 is 2.25 bits per heavy atom. The van der Waals surface area contributed by atoms with E-state index in [1.807, 2.05) is 18.5 Å². The molecule has 0 aliphatic carbocycles. The number of nitro benzene ring substituents is 1. The Bertz CT molecular complexity index is 672. The molecule has 1 fully saturated rings. The summed E-state index contributed by atoms with van der Waals surface area (Å²) in [5, 5.41) is 16.5. The Kier molecular flexibility index (Phi) is 2.97. The normalized spacial score (nSPS) is 23.1. The van der Waals surface area contributed by atoms with Crippen LogP contribution in [-0.2, 0) is 10.5 Å². The van der Waals surface area contributed by atoms with E-state index in [-0.39, 0.29) is 10.6 Å². The third kappa shape index (κ3) is 1.96. The van der Waals surface area contributed by atoms with Crippen LogP contribution in [0.2, 0.25) is 0 Å². The molecule has 1 aromatic heterocycles. The summed E-state index contributed by atoms with van der Waals surface area (Å²) in [5.74, 6) is 0. The average molecular weight is 275 g/mol. The lowest BCUT2D eigenvalue weighted by Gasteiger charge is -2.34. The van der Waals surface area contributed by atoms with Gasteiger partial charge in [-0.1, -0.05) is 0 Å². The van der Waals surface area contributed by atoms with E-state index in [1.165, 1.54) is 6.07 Å². The first kappa shape index (κ1) is 13.1. The zero-order valence-corrected chi connectivity index (χ0v) is 11.6. The van der Waals surface area contributed by atoms with Gasteiger partial charge >= 0.3 is 0 Å². The summed E-state index contributed by atoms with van der Waals surface area (Å²) in [7, 11) is 0. The molecule has 0 radical (unpaired) electrons. The van der Waals surface area contributed by atoms with Crippen LogP contribution in [-0.4, -0.2) is 21.3 Å². The third-order valence-electron chi connectivity index (χ3n) is 3.96. The molecule has 2 aromatic rings. The number of hydrogen-bond acceptors (Lipinski definition) is 4. The maximum atomic E-state index is 11.0. The van der Waals surface area contributed by atoms with Crippen molar-refractivity contribution in [1.82, 2.24) is 9.78 Å². The molecule has 1 atom stereocenters. The molecule has 6 heteroatoms. The molecule has 1 unspecified atom stereocenters. The predicted molar refractivity (Wildman–Crippen MR) is 74.6 cm³/mol. The first-order valence-corrected chi connectivity index (χ1v) is 6.79. The smallest absolute Gasteiger partial charge is 0.271 e. The van der Waals surface area contributed by atoms with Gasteiger partial charge < -0.3 is 4.74 Å². The van der Waals surface area contributed by atoms with Crippen molar-refractivity contribution >= 4 is 16.6 Å². The predicted octanol–water partition coefficient (Wildman–Crippen LogP) is 3.13. The van der Waals surface area contributed by atoms with Gasteiger partial charge in [-0.05, 0) is 39.2 Å². The second-order valence-corrected chi connectivity index (χ2v) is 5.44. The van der Waals surface area contributed by atoms with Crippen LogP contribution in [0, 0.1) is 17.0 Å². The number of non-ortho nitro benzene ring substituents is 1. The molecule has 6 nitrogen and oxygen atoms in total. The number of ether oxygens (including phenoxy) is 1. The monoisotopic (exact) mass is 275 g/mol. The highest BCUT2D eigenvalue weighted by Crippen LogP contribution is 2.34. The van der Waals surface area contributed by atoms with Gasteiger partial charge in [-0.25, -0.2) is 4.68 Å². The molecule has 20 heavy (non-hydrogen) atoms. The van der Waals surface area contributed by atoms with E-state index < -0.39 is 5.72 Å². The first-order chi connectivity index (χ1) is 9.51. The van der Waals surface area contributed by atoms with Gasteiger partial charge in [0, 0.05) is 24.1 Å². The van der Waals surface area contributed by atoms with Gasteiger partial charge in [0.1, 0.15) is 0 Å². The molecule has 3 rings (SSSR count). The van der Waals surface area contributed by atoms with E-state index >= 15 is 0 Å². The maximum Gasteiger partial charge on any atom is 0.271 e. The SMILES string of the molecule is Cc1nn(C2(C)CCCCO2)c2cc([N+](=O)[O-])ccc12. The lowest BCUT2D eigenvalue weighted by atomic mass is 10.0. The van der Waals surface area contributed by atoms with Gasteiger partial charge in [0.15, 0.2) is 5.72 Å². The Morgan fingerprint density at radius 1 is 1.45 bits per heavy atom. The Labute approximate surface area is 116 Å². The average Bonchev–Trinajstić information content (AvgIpc) is 2.77. The van der Waals surface area contributed by atoms with E-state index in [1.54, 1.807) is 12.1 Å². The van der Waals surface area contributed by atoms with Gasteiger partial charge in [-0.15, -0.1) is 0 Å². The number of rotatable bonds is 2. The third-order valence-corrected chi connectivity index (χ3v) is 3.96. The number of aryl methyl sites for hydroxylation is 1. The lowest BCUT2D eigenvalue weighted by molar-refractivity contribution is -0.384. The summed E-state index contributed by atoms with van der Waals surface area (Å²) in [6.45, 7) is 4.61. The molecule has 1 aliphatic rings. The molecule has 0 bridgehead atoms. The van der Waals surface area contributed by atoms with Gasteiger partial charge in [-0.3, -0.25) is 10.1 Å². The molecule has 1 aliphatic heterocycles. The van der Waals surface area contributed by atoms with Gasteiger partial charge in [-0.2, -0.15) is 5.10 Å². The summed E-state index contributed by atoms with van der Waals surface area (Å²) < 4.78 is 7.71. The van der Waals surface area contributed by atoms with E-state index in [4.69, 9.17) is 4.74 Å². The fourth-order valence-electron chi connectivity index (χ4n) is 2.82.